The molecule has 0 bridgehead atoms. The molecule has 0 saturated heterocycles. The van der Waals surface area contributed by atoms with Crippen LogP contribution in [0.25, 0.3) is 0 Å². The molecule has 6 heteroatoms. The van der Waals surface area contributed by atoms with Gasteiger partial charge in [0, 0.05) is 0 Å². The van der Waals surface area contributed by atoms with Gasteiger partial charge < -0.3 is 0 Å². The van der Waals surface area contributed by atoms with E-state index in [9.17, 15) is 10.1 Å². The van der Waals surface area contributed by atoms with Crippen molar-refractivity contribution >= 4 is 20.0 Å². The number of nitro benzene ring substituents is 1. The van der Waals surface area contributed by atoms with Gasteiger partial charge in [-0.3, -0.25) is 0 Å². The minimum absolute atomic E-state index is 0.0253. The van der Waals surface area contributed by atoms with E-state index in [0.29, 0.717) is 17.1 Å². The first kappa shape index (κ1) is 13.8. The molecule has 99 valence electrons. The van der Waals surface area contributed by atoms with Crippen LogP contribution in [0.3, 0.4) is 0 Å². The Morgan fingerprint density at radius 1 is 1.21 bits per heavy atom. The monoisotopic (exact) mass is 364 g/mol. The fourth-order valence-corrected chi connectivity index (χ4v) is 2.57. The minimum atomic E-state index is -0.487. The van der Waals surface area contributed by atoms with Gasteiger partial charge in [0.2, 0.25) is 0 Å². The molecule has 0 spiro atoms. The van der Waals surface area contributed by atoms with E-state index in [1.165, 1.54) is 12.1 Å². The molecule has 0 atom stereocenters. The Bertz CT molecular complexity index is 617. The van der Waals surface area contributed by atoms with Crippen LogP contribution in [0.5, 0.6) is 11.5 Å². The Morgan fingerprint density at radius 3 is 2.58 bits per heavy atom. The molecule has 2 aromatic carbocycles. The summed E-state index contributed by atoms with van der Waals surface area (Å²) in [6.45, 7) is 0. The zero-order valence-corrected chi connectivity index (χ0v) is 12.1. The Balaban J connectivity index is 2.37. The maximum absolute atomic E-state index is 10.8. The van der Waals surface area contributed by atoms with Crippen LogP contribution in [0, 0.1) is 10.1 Å². The van der Waals surface area contributed by atoms with Crippen molar-refractivity contribution in [1.82, 2.24) is 0 Å². The summed E-state index contributed by atoms with van der Waals surface area (Å²) in [4.78, 5) is 10.3. The second kappa shape index (κ2) is 6.55. The first-order valence-electron chi connectivity index (χ1n) is 5.27. The number of halogens is 1. The molecule has 0 aliphatic heterocycles. The summed E-state index contributed by atoms with van der Waals surface area (Å²) in [5, 5.41) is 10.8. The average molecular weight is 364 g/mol. The summed E-state index contributed by atoms with van der Waals surface area (Å²) in [6.07, 6.45) is 0. The average Bonchev–Trinajstić information content (AvgIpc) is 2.42. The van der Waals surface area contributed by atoms with Crippen LogP contribution in [0.4, 0.5) is 5.69 Å². The summed E-state index contributed by atoms with van der Waals surface area (Å²) < 4.78 is 7.46. The van der Waals surface area contributed by atoms with E-state index in [1.54, 1.807) is 10.7 Å². The van der Waals surface area contributed by atoms with Gasteiger partial charge in [-0.25, -0.2) is 0 Å². The summed E-state index contributed by atoms with van der Waals surface area (Å²) in [6, 6.07) is 13.7. The molecule has 0 aromatic heterocycles. The van der Waals surface area contributed by atoms with Gasteiger partial charge in [0.1, 0.15) is 0 Å². The first-order valence-corrected chi connectivity index (χ1v) is 8.51. The van der Waals surface area contributed by atoms with Crippen LogP contribution in [0.1, 0.15) is 5.56 Å². The van der Waals surface area contributed by atoms with Crippen molar-refractivity contribution in [1.29, 1.82) is 0 Å². The number of benzene rings is 2. The van der Waals surface area contributed by atoms with Crippen molar-refractivity contribution in [3.63, 3.8) is 0 Å². The van der Waals surface area contributed by atoms with Crippen molar-refractivity contribution in [2.75, 3.05) is 0 Å². The van der Waals surface area contributed by atoms with E-state index < -0.39 is 20.6 Å². The van der Waals surface area contributed by atoms with Crippen LogP contribution in [-0.4, -0.2) is 9.53 Å². The summed E-state index contributed by atoms with van der Waals surface area (Å²) in [7, 11) is 5.75. The molecule has 2 aromatic rings. The number of non-ortho nitro benzene ring substituents is 1. The van der Waals surface area contributed by atoms with Gasteiger partial charge in [0.25, 0.3) is 0 Å². The van der Waals surface area contributed by atoms with E-state index in [1.807, 2.05) is 30.3 Å². The third-order valence-corrected chi connectivity index (χ3v) is 3.51. The van der Waals surface area contributed by atoms with Crippen LogP contribution < -0.4 is 4.74 Å². The van der Waals surface area contributed by atoms with Gasteiger partial charge in [-0.2, -0.15) is 0 Å². The van der Waals surface area contributed by atoms with Crippen molar-refractivity contribution in [3.8, 4) is 11.5 Å². The molecule has 0 radical (unpaired) electrons. The van der Waals surface area contributed by atoms with E-state index in [-0.39, 0.29) is 5.69 Å². The number of ether oxygens (including phenoxy) is 1. The Labute approximate surface area is 121 Å². The fourth-order valence-electron chi connectivity index (χ4n) is 1.48. The molecule has 0 amide bonds. The molecule has 0 heterocycles. The second-order valence-electron chi connectivity index (χ2n) is 3.57. The van der Waals surface area contributed by atoms with Crippen LogP contribution in [0.15, 0.2) is 48.5 Å². The number of para-hydroxylation sites is 1. The van der Waals surface area contributed by atoms with Crippen molar-refractivity contribution in [2.45, 2.75) is 0 Å². The third kappa shape index (κ3) is 3.69. The number of rotatable bonds is 4. The standard InChI is InChI=1S/C13H9NO3.ClH.Ru/c1-10-9-11(14(15)16)7-8-13(10)17-12-5-3-2-4-6-12;;/h1-9H;1H;/q;;+1/p-1. The fraction of sp³-hybridized carbons (Fsp3) is 0. The van der Waals surface area contributed by atoms with Crippen LogP contribution >= 0.6 is 9.69 Å². The van der Waals surface area contributed by atoms with Gasteiger partial charge in [-0.05, 0) is 0 Å². The van der Waals surface area contributed by atoms with Gasteiger partial charge in [-0.15, -0.1) is 0 Å². The van der Waals surface area contributed by atoms with Crippen LogP contribution in [0.2, 0.25) is 0 Å². The quantitative estimate of drug-likeness (QED) is 0.472. The third-order valence-electron chi connectivity index (χ3n) is 2.32. The SMILES string of the molecule is O=[N+]([O-])c1ccc(Oc2ccccc2)c([CH]=[Ru][Cl])c1. The van der Waals surface area contributed by atoms with Crippen molar-refractivity contribution in [2.24, 2.45) is 0 Å². The van der Waals surface area contributed by atoms with E-state index in [2.05, 4.69) is 0 Å². The zero-order valence-electron chi connectivity index (χ0n) is 9.60. The van der Waals surface area contributed by atoms with Gasteiger partial charge in [0.15, 0.2) is 0 Å². The topological polar surface area (TPSA) is 52.4 Å². The number of hydrogen-bond acceptors (Lipinski definition) is 3. The number of hydrogen-bond donors (Lipinski definition) is 0. The molecule has 0 N–H and O–H groups in total. The molecule has 4 nitrogen and oxygen atoms in total. The number of nitro groups is 1. The molecular weight excluding hydrogens is 355 g/mol. The molecule has 0 aliphatic carbocycles. The summed E-state index contributed by atoms with van der Waals surface area (Å²) in [5.74, 6) is 1.24. The van der Waals surface area contributed by atoms with Crippen molar-refractivity contribution in [3.05, 3.63) is 64.2 Å². The van der Waals surface area contributed by atoms with E-state index in [0.717, 1.165) is 0 Å². The van der Waals surface area contributed by atoms with Gasteiger partial charge in [0.05, 0.1) is 0 Å². The zero-order chi connectivity index (χ0) is 13.7. The molecular formula is C13H9ClNO3Ru. The van der Waals surface area contributed by atoms with E-state index >= 15 is 0 Å². The van der Waals surface area contributed by atoms with Crippen molar-refractivity contribution < 1.29 is 25.3 Å². The van der Waals surface area contributed by atoms with Gasteiger partial charge in [-0.1, -0.05) is 0 Å². The first-order chi connectivity index (χ1) is 9.20. The molecule has 0 unspecified atom stereocenters. The Hall–Kier alpha value is -1.58. The predicted molar refractivity (Wildman–Crippen MR) is 70.6 cm³/mol. The van der Waals surface area contributed by atoms with Crippen LogP contribution in [-0.2, 0) is 15.7 Å². The molecule has 19 heavy (non-hydrogen) atoms. The predicted octanol–water partition coefficient (Wildman–Crippen LogP) is 3.77. The summed E-state index contributed by atoms with van der Waals surface area (Å²) in [5.41, 5.74) is 0.670. The Kier molecular flexibility index (Phi) is 4.77. The molecule has 0 fully saturated rings. The Morgan fingerprint density at radius 2 is 1.95 bits per heavy atom. The molecule has 0 saturated carbocycles. The summed E-state index contributed by atoms with van der Waals surface area (Å²) >= 11 is -0.487. The van der Waals surface area contributed by atoms with E-state index in [4.69, 9.17) is 14.4 Å². The molecule has 0 aliphatic rings. The molecule has 2 rings (SSSR count). The second-order valence-corrected chi connectivity index (χ2v) is 5.37. The number of nitrogens with zero attached hydrogens (tertiary/aromatic N) is 1. The maximum atomic E-state index is 10.8. The normalized spacial score (nSPS) is 11.0. The van der Waals surface area contributed by atoms with Gasteiger partial charge >= 0.3 is 121 Å².